The van der Waals surface area contributed by atoms with Crippen LogP contribution in [0.1, 0.15) is 0 Å². The minimum absolute atomic E-state index is 0.00704. The standard InChI is InChI=1S/C22H34N6O4/c29-15-13-23-1-5-25(6-2-23)17-19(27-9-10-27)22(32)18(20(21(17)31)28-11-12-28)26-7-3-24(4-8-26)14-16-30/h29-30H,1-16H2. The molecule has 4 aliphatic heterocycles. The molecule has 0 spiro atoms. The molecule has 0 bridgehead atoms. The number of carbonyl (C=O) groups is 2. The van der Waals surface area contributed by atoms with Gasteiger partial charge in [0.1, 0.15) is 22.8 Å². The summed E-state index contributed by atoms with van der Waals surface area (Å²) in [5, 5.41) is 18.5. The van der Waals surface area contributed by atoms with Crippen LogP contribution in [0.5, 0.6) is 0 Å². The molecule has 5 rings (SSSR count). The lowest BCUT2D eigenvalue weighted by molar-refractivity contribution is -0.120. The molecule has 5 aliphatic rings. The van der Waals surface area contributed by atoms with E-state index >= 15 is 0 Å². The van der Waals surface area contributed by atoms with E-state index in [1.165, 1.54) is 0 Å². The van der Waals surface area contributed by atoms with Crippen molar-refractivity contribution in [2.75, 3.05) is 105 Å². The average Bonchev–Trinajstić information content (AvgIpc) is 3.70. The fourth-order valence-electron chi connectivity index (χ4n) is 5.05. The van der Waals surface area contributed by atoms with Gasteiger partial charge in [-0.05, 0) is 0 Å². The quantitative estimate of drug-likeness (QED) is 0.306. The van der Waals surface area contributed by atoms with Gasteiger partial charge in [-0.15, -0.1) is 0 Å². The number of piperazine rings is 2. The Hall–Kier alpha value is -2.14. The molecule has 0 unspecified atom stereocenters. The number of hydrogen-bond acceptors (Lipinski definition) is 10. The second kappa shape index (κ2) is 9.01. The highest BCUT2D eigenvalue weighted by Gasteiger charge is 2.47. The Labute approximate surface area is 188 Å². The third-order valence-corrected chi connectivity index (χ3v) is 7.05. The molecule has 0 aromatic heterocycles. The number of ketones is 2. The summed E-state index contributed by atoms with van der Waals surface area (Å²) in [4.78, 5) is 40.5. The second-order valence-electron chi connectivity index (χ2n) is 9.13. The number of aliphatic hydroxyl groups is 2. The van der Waals surface area contributed by atoms with Crippen LogP contribution in [0.3, 0.4) is 0 Å². The molecule has 4 saturated heterocycles. The number of hydrogen-bond donors (Lipinski definition) is 2. The minimum Gasteiger partial charge on any atom is -0.395 e. The first-order chi connectivity index (χ1) is 15.6. The Balaban J connectivity index is 1.43. The van der Waals surface area contributed by atoms with Crippen molar-refractivity contribution in [2.24, 2.45) is 0 Å². The fourth-order valence-corrected chi connectivity index (χ4v) is 5.05. The molecule has 4 heterocycles. The summed E-state index contributed by atoms with van der Waals surface area (Å²) in [5.74, 6) is -0.0141. The normalized spacial score (nSPS) is 25.4. The monoisotopic (exact) mass is 446 g/mol. The number of β-amino-alcohol motifs (C(OH)–C–C–N with tert-alkyl or cyclic N) is 2. The van der Waals surface area contributed by atoms with Crippen molar-refractivity contribution in [1.29, 1.82) is 0 Å². The molecule has 0 saturated carbocycles. The first-order valence-corrected chi connectivity index (χ1v) is 11.9. The summed E-state index contributed by atoms with van der Waals surface area (Å²) < 4.78 is 0. The van der Waals surface area contributed by atoms with Gasteiger partial charge in [-0.25, -0.2) is 0 Å². The van der Waals surface area contributed by atoms with E-state index in [-0.39, 0.29) is 24.8 Å². The Morgan fingerprint density at radius 2 is 0.719 bits per heavy atom. The molecule has 4 fully saturated rings. The Morgan fingerprint density at radius 3 is 0.938 bits per heavy atom. The van der Waals surface area contributed by atoms with E-state index in [0.29, 0.717) is 62.1 Å². The van der Waals surface area contributed by atoms with Gasteiger partial charge < -0.3 is 29.8 Å². The van der Waals surface area contributed by atoms with Crippen molar-refractivity contribution in [3.63, 3.8) is 0 Å². The van der Waals surface area contributed by atoms with Crippen molar-refractivity contribution in [2.45, 2.75) is 0 Å². The van der Waals surface area contributed by atoms with E-state index in [4.69, 9.17) is 0 Å². The predicted octanol–water partition coefficient (Wildman–Crippen LogP) is -2.59. The van der Waals surface area contributed by atoms with Crippen LogP contribution < -0.4 is 0 Å². The molecule has 1 aliphatic carbocycles. The third kappa shape index (κ3) is 4.12. The van der Waals surface area contributed by atoms with Gasteiger partial charge in [0, 0.05) is 91.6 Å². The topological polar surface area (TPSA) is 93.6 Å². The molecule has 10 heteroatoms. The summed E-state index contributed by atoms with van der Waals surface area (Å²) in [5.41, 5.74) is 2.34. The van der Waals surface area contributed by atoms with E-state index in [1.807, 2.05) is 9.80 Å². The summed E-state index contributed by atoms with van der Waals surface area (Å²) in [7, 11) is 0. The van der Waals surface area contributed by atoms with Crippen LogP contribution in [0.25, 0.3) is 0 Å². The molecule has 32 heavy (non-hydrogen) atoms. The lowest BCUT2D eigenvalue weighted by atomic mass is 9.95. The van der Waals surface area contributed by atoms with Crippen LogP contribution in [0, 0.1) is 0 Å². The molecule has 0 radical (unpaired) electrons. The van der Waals surface area contributed by atoms with E-state index < -0.39 is 0 Å². The predicted molar refractivity (Wildman–Crippen MR) is 117 cm³/mol. The molecule has 0 atom stereocenters. The zero-order valence-electron chi connectivity index (χ0n) is 18.7. The Kier molecular flexibility index (Phi) is 6.11. The molecular weight excluding hydrogens is 412 g/mol. The molecule has 176 valence electrons. The number of aliphatic hydroxyl groups excluding tert-OH is 2. The lowest BCUT2D eigenvalue weighted by Crippen LogP contribution is -2.52. The fraction of sp³-hybridized carbons (Fsp3) is 0.727. The molecule has 0 aromatic carbocycles. The van der Waals surface area contributed by atoms with Crippen molar-refractivity contribution >= 4 is 11.6 Å². The zero-order chi connectivity index (χ0) is 22.2. The Morgan fingerprint density at radius 1 is 0.469 bits per heavy atom. The van der Waals surface area contributed by atoms with Gasteiger partial charge in [0.25, 0.3) is 0 Å². The van der Waals surface area contributed by atoms with Crippen LogP contribution in [0.15, 0.2) is 22.8 Å². The summed E-state index contributed by atoms with van der Waals surface area (Å²) in [6.07, 6.45) is 0. The van der Waals surface area contributed by atoms with Gasteiger partial charge in [0.15, 0.2) is 0 Å². The molecule has 0 amide bonds. The van der Waals surface area contributed by atoms with Crippen molar-refractivity contribution in [3.05, 3.63) is 22.8 Å². The molecule has 10 nitrogen and oxygen atoms in total. The van der Waals surface area contributed by atoms with Gasteiger partial charge in [0.05, 0.1) is 13.2 Å². The summed E-state index contributed by atoms with van der Waals surface area (Å²) in [6.45, 7) is 10.7. The van der Waals surface area contributed by atoms with Crippen molar-refractivity contribution in [1.82, 2.24) is 29.4 Å². The maximum Gasteiger partial charge on any atom is 0.229 e. The highest BCUT2D eigenvalue weighted by atomic mass is 16.3. The third-order valence-electron chi connectivity index (χ3n) is 7.05. The van der Waals surface area contributed by atoms with Crippen molar-refractivity contribution < 1.29 is 19.8 Å². The Bertz CT molecular complexity index is 750. The largest absolute Gasteiger partial charge is 0.395 e. The van der Waals surface area contributed by atoms with Crippen LogP contribution in [0.2, 0.25) is 0 Å². The molecule has 0 aromatic rings. The van der Waals surface area contributed by atoms with Gasteiger partial charge in [-0.1, -0.05) is 0 Å². The van der Waals surface area contributed by atoms with Crippen LogP contribution in [0.4, 0.5) is 0 Å². The average molecular weight is 447 g/mol. The van der Waals surface area contributed by atoms with E-state index in [1.54, 1.807) is 0 Å². The minimum atomic E-state index is -0.00704. The molecular formula is C22H34N6O4. The number of carbonyl (C=O) groups excluding carboxylic acids is 2. The van der Waals surface area contributed by atoms with Gasteiger partial charge in [0.2, 0.25) is 11.6 Å². The summed E-state index contributed by atoms with van der Waals surface area (Å²) in [6, 6.07) is 0. The second-order valence-corrected chi connectivity index (χ2v) is 9.13. The van der Waals surface area contributed by atoms with Crippen molar-refractivity contribution in [3.8, 4) is 0 Å². The summed E-state index contributed by atoms with van der Waals surface area (Å²) >= 11 is 0. The highest BCUT2D eigenvalue weighted by molar-refractivity contribution is 6.24. The highest BCUT2D eigenvalue weighted by Crippen LogP contribution is 2.37. The van der Waals surface area contributed by atoms with Gasteiger partial charge >= 0.3 is 0 Å². The maximum absolute atomic E-state index is 13.9. The number of Topliss-reactive ketones (excluding diaryl/α,β-unsaturated/α-hetero) is 2. The van der Waals surface area contributed by atoms with E-state index in [2.05, 4.69) is 19.6 Å². The van der Waals surface area contributed by atoms with Gasteiger partial charge in [-0.2, -0.15) is 0 Å². The number of nitrogens with zero attached hydrogens (tertiary/aromatic N) is 6. The van der Waals surface area contributed by atoms with E-state index in [0.717, 1.165) is 52.4 Å². The van der Waals surface area contributed by atoms with Crippen LogP contribution in [-0.4, -0.2) is 156 Å². The molecule has 2 N–H and O–H groups in total. The van der Waals surface area contributed by atoms with Gasteiger partial charge in [-0.3, -0.25) is 19.4 Å². The lowest BCUT2D eigenvalue weighted by Gasteiger charge is -2.42. The smallest absolute Gasteiger partial charge is 0.229 e. The first-order valence-electron chi connectivity index (χ1n) is 11.9. The maximum atomic E-state index is 13.9. The first kappa shape index (κ1) is 21.7. The van der Waals surface area contributed by atoms with Crippen LogP contribution >= 0.6 is 0 Å². The SMILES string of the molecule is O=C1C(N2CCN(CCO)CC2)=C(N2CC2)C(=O)C(N2CCN(CCO)CC2)=C1N1CC1. The number of rotatable bonds is 8. The van der Waals surface area contributed by atoms with E-state index in [9.17, 15) is 19.8 Å². The van der Waals surface area contributed by atoms with Crippen LogP contribution in [-0.2, 0) is 9.59 Å². The zero-order valence-corrected chi connectivity index (χ0v) is 18.7.